The molecule has 28 heavy (non-hydrogen) atoms. The molecular formula is C20H28FN5O2. The molecule has 0 spiro atoms. The van der Waals surface area contributed by atoms with Crippen LogP contribution < -0.4 is 5.73 Å². The van der Waals surface area contributed by atoms with Gasteiger partial charge in [-0.25, -0.2) is 14.1 Å². The normalized spacial score (nSPS) is 15.4. The molecule has 0 aliphatic carbocycles. The summed E-state index contributed by atoms with van der Waals surface area (Å²) >= 11 is 0. The molecule has 0 saturated carbocycles. The summed E-state index contributed by atoms with van der Waals surface area (Å²) in [5.74, 6) is 0.0411. The Labute approximate surface area is 164 Å². The summed E-state index contributed by atoms with van der Waals surface area (Å²) in [5, 5.41) is 4.35. The molecule has 1 aromatic carbocycles. The van der Waals surface area contributed by atoms with E-state index in [1.165, 1.54) is 10.7 Å². The summed E-state index contributed by atoms with van der Waals surface area (Å²) in [6.07, 6.45) is 2.56. The van der Waals surface area contributed by atoms with E-state index in [1.54, 1.807) is 23.1 Å². The highest BCUT2D eigenvalue weighted by molar-refractivity contribution is 5.90. The van der Waals surface area contributed by atoms with Gasteiger partial charge in [-0.3, -0.25) is 4.79 Å². The van der Waals surface area contributed by atoms with Crippen LogP contribution >= 0.6 is 0 Å². The molecular weight excluding hydrogens is 361 g/mol. The summed E-state index contributed by atoms with van der Waals surface area (Å²) in [4.78, 5) is 19.1. The second kappa shape index (κ2) is 9.25. The number of likely N-dealkylation sites (tertiary alicyclic amines) is 1. The molecule has 8 heteroatoms. The van der Waals surface area contributed by atoms with Gasteiger partial charge in [-0.05, 0) is 37.9 Å². The number of aromatic nitrogens is 3. The maximum atomic E-state index is 14.2. The van der Waals surface area contributed by atoms with E-state index < -0.39 is 5.82 Å². The Balaban J connectivity index is 1.73. The lowest BCUT2D eigenvalue weighted by Crippen LogP contribution is -2.41. The first-order valence-electron chi connectivity index (χ1n) is 9.84. The fourth-order valence-electron chi connectivity index (χ4n) is 3.29. The van der Waals surface area contributed by atoms with Crippen molar-refractivity contribution < 1.29 is 13.9 Å². The average molecular weight is 389 g/mol. The molecule has 1 aliphatic heterocycles. The van der Waals surface area contributed by atoms with Crippen molar-refractivity contribution >= 4 is 5.91 Å². The van der Waals surface area contributed by atoms with Gasteiger partial charge in [-0.1, -0.05) is 26.0 Å². The van der Waals surface area contributed by atoms with Crippen LogP contribution in [0.5, 0.6) is 0 Å². The van der Waals surface area contributed by atoms with Crippen LogP contribution in [0.1, 0.15) is 55.5 Å². The number of carbonyl (C=O) groups excluding carboxylic acids is 1. The number of rotatable bonds is 7. The number of hydrogen-bond acceptors (Lipinski definition) is 5. The molecule has 0 atom stereocenters. The van der Waals surface area contributed by atoms with Gasteiger partial charge < -0.3 is 15.4 Å². The fourth-order valence-corrected chi connectivity index (χ4v) is 3.29. The number of carbonyl (C=O) groups is 1. The molecule has 7 nitrogen and oxygen atoms in total. The van der Waals surface area contributed by atoms with E-state index >= 15 is 0 Å². The van der Waals surface area contributed by atoms with Gasteiger partial charge in [0.05, 0.1) is 6.10 Å². The molecule has 1 saturated heterocycles. The van der Waals surface area contributed by atoms with Gasteiger partial charge in [0.1, 0.15) is 17.3 Å². The molecule has 0 unspecified atom stereocenters. The number of ether oxygens (including phenoxy) is 1. The number of amides is 1. The van der Waals surface area contributed by atoms with Gasteiger partial charge in [0, 0.05) is 25.6 Å². The van der Waals surface area contributed by atoms with E-state index in [1.807, 2.05) is 13.8 Å². The number of para-hydroxylation sites is 1. The Hall–Kier alpha value is -2.32. The third-order valence-corrected chi connectivity index (χ3v) is 4.85. The molecule has 0 radical (unpaired) electrons. The fraction of sp³-hybridized carbons (Fsp3) is 0.550. The molecule has 1 aromatic heterocycles. The highest BCUT2D eigenvalue weighted by Crippen LogP contribution is 2.21. The van der Waals surface area contributed by atoms with Crippen LogP contribution in [-0.4, -0.2) is 57.9 Å². The highest BCUT2D eigenvalue weighted by Gasteiger charge is 2.28. The standard InChI is InChI=1S/C20H28FN5O2/c1-14(2)19-23-18(24-26(19)17-7-4-3-6-16(17)21)20(27)25-11-8-15(9-12-25)28-13-5-10-22/h3-4,6-7,14-15H,5,8-13,22H2,1-2H3. The molecule has 2 aromatic rings. The summed E-state index contributed by atoms with van der Waals surface area (Å²) in [6.45, 7) is 6.35. The van der Waals surface area contributed by atoms with E-state index in [0.29, 0.717) is 37.8 Å². The second-order valence-corrected chi connectivity index (χ2v) is 7.32. The molecule has 2 heterocycles. The van der Waals surface area contributed by atoms with Crippen LogP contribution in [0.2, 0.25) is 0 Å². The Kier molecular flexibility index (Phi) is 6.74. The molecule has 1 aliphatic rings. The maximum absolute atomic E-state index is 14.2. The largest absolute Gasteiger partial charge is 0.378 e. The van der Waals surface area contributed by atoms with Crippen molar-refractivity contribution in [1.82, 2.24) is 19.7 Å². The monoisotopic (exact) mass is 389 g/mol. The van der Waals surface area contributed by atoms with Crippen LogP contribution in [0.15, 0.2) is 24.3 Å². The summed E-state index contributed by atoms with van der Waals surface area (Å²) < 4.78 is 21.5. The van der Waals surface area contributed by atoms with Gasteiger partial charge in [-0.2, -0.15) is 0 Å². The quantitative estimate of drug-likeness (QED) is 0.736. The van der Waals surface area contributed by atoms with Crippen LogP contribution in [-0.2, 0) is 4.74 Å². The molecule has 152 valence electrons. The van der Waals surface area contributed by atoms with Gasteiger partial charge in [0.2, 0.25) is 5.82 Å². The first kappa shape index (κ1) is 20.4. The third kappa shape index (κ3) is 4.56. The lowest BCUT2D eigenvalue weighted by Gasteiger charge is -2.31. The van der Waals surface area contributed by atoms with E-state index in [0.717, 1.165) is 19.3 Å². The smallest absolute Gasteiger partial charge is 0.293 e. The van der Waals surface area contributed by atoms with Crippen molar-refractivity contribution in [3.63, 3.8) is 0 Å². The zero-order valence-electron chi connectivity index (χ0n) is 16.5. The Bertz CT molecular complexity index is 800. The number of benzene rings is 1. The Morgan fingerprint density at radius 1 is 1.32 bits per heavy atom. The van der Waals surface area contributed by atoms with Crippen LogP contribution in [0.25, 0.3) is 5.69 Å². The topological polar surface area (TPSA) is 86.3 Å². The molecule has 0 bridgehead atoms. The van der Waals surface area contributed by atoms with Crippen molar-refractivity contribution in [2.45, 2.75) is 45.1 Å². The molecule has 3 rings (SSSR count). The predicted molar refractivity (Wildman–Crippen MR) is 104 cm³/mol. The third-order valence-electron chi connectivity index (χ3n) is 4.85. The first-order chi connectivity index (χ1) is 13.5. The van der Waals surface area contributed by atoms with E-state index in [-0.39, 0.29) is 23.8 Å². The molecule has 1 amide bonds. The number of nitrogens with two attached hydrogens (primary N) is 1. The van der Waals surface area contributed by atoms with E-state index in [4.69, 9.17) is 10.5 Å². The number of hydrogen-bond donors (Lipinski definition) is 1. The summed E-state index contributed by atoms with van der Waals surface area (Å²) in [6, 6.07) is 6.37. The lowest BCUT2D eigenvalue weighted by molar-refractivity contribution is 0.00812. The van der Waals surface area contributed by atoms with E-state index in [2.05, 4.69) is 10.1 Å². The minimum Gasteiger partial charge on any atom is -0.378 e. The van der Waals surface area contributed by atoms with Gasteiger partial charge >= 0.3 is 0 Å². The minimum atomic E-state index is -0.399. The van der Waals surface area contributed by atoms with Crippen molar-refractivity contribution in [3.05, 3.63) is 41.7 Å². The van der Waals surface area contributed by atoms with Crippen LogP contribution in [0.3, 0.4) is 0 Å². The Morgan fingerprint density at radius 2 is 2.04 bits per heavy atom. The molecule has 2 N–H and O–H groups in total. The van der Waals surface area contributed by atoms with Gasteiger partial charge in [0.25, 0.3) is 5.91 Å². The van der Waals surface area contributed by atoms with Gasteiger partial charge in [-0.15, -0.1) is 5.10 Å². The number of nitrogens with zero attached hydrogens (tertiary/aromatic N) is 4. The van der Waals surface area contributed by atoms with Crippen molar-refractivity contribution in [1.29, 1.82) is 0 Å². The Morgan fingerprint density at radius 3 is 2.68 bits per heavy atom. The first-order valence-corrected chi connectivity index (χ1v) is 9.84. The van der Waals surface area contributed by atoms with Crippen molar-refractivity contribution in [2.75, 3.05) is 26.2 Å². The average Bonchev–Trinajstić information content (AvgIpc) is 3.14. The minimum absolute atomic E-state index is 0.00432. The van der Waals surface area contributed by atoms with Crippen LogP contribution in [0.4, 0.5) is 4.39 Å². The summed E-state index contributed by atoms with van der Waals surface area (Å²) in [5.41, 5.74) is 5.78. The predicted octanol–water partition coefficient (Wildman–Crippen LogP) is 2.50. The van der Waals surface area contributed by atoms with Gasteiger partial charge in [0.15, 0.2) is 0 Å². The van der Waals surface area contributed by atoms with Crippen molar-refractivity contribution in [3.8, 4) is 5.69 Å². The second-order valence-electron chi connectivity index (χ2n) is 7.32. The van der Waals surface area contributed by atoms with E-state index in [9.17, 15) is 9.18 Å². The highest BCUT2D eigenvalue weighted by atomic mass is 19.1. The molecule has 1 fully saturated rings. The zero-order valence-corrected chi connectivity index (χ0v) is 16.5. The number of piperidine rings is 1. The zero-order chi connectivity index (χ0) is 20.1. The summed E-state index contributed by atoms with van der Waals surface area (Å²) in [7, 11) is 0. The maximum Gasteiger partial charge on any atom is 0.293 e. The van der Waals surface area contributed by atoms with Crippen molar-refractivity contribution in [2.24, 2.45) is 5.73 Å². The lowest BCUT2D eigenvalue weighted by atomic mass is 10.1. The SMILES string of the molecule is CC(C)c1nc(C(=O)N2CCC(OCCCN)CC2)nn1-c1ccccc1F. The van der Waals surface area contributed by atoms with Crippen LogP contribution in [0, 0.1) is 5.82 Å². The number of halogens is 1.